The van der Waals surface area contributed by atoms with Crippen LogP contribution in [0.1, 0.15) is 69.1 Å². The summed E-state index contributed by atoms with van der Waals surface area (Å²) < 4.78 is 0. The van der Waals surface area contributed by atoms with Gasteiger partial charge in [0.1, 0.15) is 0 Å². The van der Waals surface area contributed by atoms with Gasteiger partial charge in [0.25, 0.3) is 0 Å². The Morgan fingerprint density at radius 2 is 1.47 bits per heavy atom. The number of benzene rings is 2. The fourth-order valence-corrected chi connectivity index (χ4v) is 8.73. The Balaban J connectivity index is 1.30. The van der Waals surface area contributed by atoms with Gasteiger partial charge in [-0.15, -0.1) is 0 Å². The molecule has 4 bridgehead atoms. The Morgan fingerprint density at radius 3 is 2.20 bits per heavy atom. The first-order chi connectivity index (χ1) is 14.6. The summed E-state index contributed by atoms with van der Waals surface area (Å²) in [5.74, 6) is 3.59. The molecule has 6 aliphatic rings. The van der Waals surface area contributed by atoms with Gasteiger partial charge in [0.15, 0.2) is 0 Å². The lowest BCUT2D eigenvalue weighted by Gasteiger charge is -2.57. The Hall–Kier alpha value is -2.08. The highest BCUT2D eigenvalue weighted by Gasteiger charge is 2.53. The molecule has 30 heavy (non-hydrogen) atoms. The minimum absolute atomic E-state index is 0.512. The fourth-order valence-electron chi connectivity index (χ4n) is 8.73. The van der Waals surface area contributed by atoms with Gasteiger partial charge in [-0.05, 0) is 126 Å². The van der Waals surface area contributed by atoms with Crippen LogP contribution in [0.5, 0.6) is 0 Å². The number of allylic oxidation sites excluding steroid dienone is 4. The molecule has 0 nitrogen and oxygen atoms in total. The Labute approximate surface area is 181 Å². The molecule has 0 aliphatic heterocycles. The van der Waals surface area contributed by atoms with Crippen LogP contribution in [0.2, 0.25) is 0 Å². The van der Waals surface area contributed by atoms with E-state index in [1.807, 2.05) is 0 Å². The summed E-state index contributed by atoms with van der Waals surface area (Å²) in [5.41, 5.74) is 12.9. The highest BCUT2D eigenvalue weighted by molar-refractivity contribution is 5.84. The standard InChI is InChI=1S/C30H32/c1-18-9-28(30-15-20-10-21(16-30)12-22(11-20)17-30)19(2)29(18)25-8-7-24-13-23-5-3-4-6-26(23)27(24)14-25/h3-9,14,18,20-22H,10-13,15-17H2,1-2H3. The van der Waals surface area contributed by atoms with Crippen LogP contribution in [-0.4, -0.2) is 0 Å². The molecule has 2 aromatic carbocycles. The van der Waals surface area contributed by atoms with Gasteiger partial charge in [-0.2, -0.15) is 0 Å². The molecule has 8 rings (SSSR count). The van der Waals surface area contributed by atoms with Crippen molar-refractivity contribution in [3.8, 4) is 11.1 Å². The van der Waals surface area contributed by atoms with Crippen molar-refractivity contribution in [2.75, 3.05) is 0 Å². The number of hydrogen-bond donors (Lipinski definition) is 0. The van der Waals surface area contributed by atoms with E-state index in [4.69, 9.17) is 0 Å². The predicted octanol–water partition coefficient (Wildman–Crippen LogP) is 7.82. The Morgan fingerprint density at radius 1 is 0.800 bits per heavy atom. The molecule has 0 saturated heterocycles. The minimum atomic E-state index is 0.512. The third-order valence-corrected chi connectivity index (χ3v) is 9.40. The highest BCUT2D eigenvalue weighted by atomic mass is 14.6. The van der Waals surface area contributed by atoms with Gasteiger partial charge in [0.2, 0.25) is 0 Å². The minimum Gasteiger partial charge on any atom is -0.0732 e. The number of rotatable bonds is 2. The summed E-state index contributed by atoms with van der Waals surface area (Å²) in [6.45, 7) is 4.89. The van der Waals surface area contributed by atoms with E-state index in [1.54, 1.807) is 16.7 Å². The van der Waals surface area contributed by atoms with Crippen molar-refractivity contribution in [2.24, 2.45) is 29.1 Å². The molecule has 6 aliphatic carbocycles. The topological polar surface area (TPSA) is 0 Å². The number of hydrogen-bond acceptors (Lipinski definition) is 0. The van der Waals surface area contributed by atoms with Crippen LogP contribution < -0.4 is 0 Å². The van der Waals surface area contributed by atoms with E-state index in [9.17, 15) is 0 Å². The summed E-state index contributed by atoms with van der Waals surface area (Å²) >= 11 is 0. The van der Waals surface area contributed by atoms with E-state index in [2.05, 4.69) is 62.4 Å². The van der Waals surface area contributed by atoms with Gasteiger partial charge in [0.05, 0.1) is 0 Å². The molecule has 0 amide bonds. The smallest absolute Gasteiger partial charge is 0.000436 e. The van der Waals surface area contributed by atoms with E-state index in [0.29, 0.717) is 11.3 Å². The zero-order valence-corrected chi connectivity index (χ0v) is 18.4. The van der Waals surface area contributed by atoms with Crippen LogP contribution in [0, 0.1) is 29.1 Å². The zero-order chi connectivity index (χ0) is 20.0. The second kappa shape index (κ2) is 6.00. The SMILES string of the molecule is CC1=C(c2ccc3c(c2)-c2ccccc2C3)C(C)C=C1C12CC3CC(CC(C3)C1)C2. The molecule has 0 radical (unpaired) electrons. The van der Waals surface area contributed by atoms with E-state index in [-0.39, 0.29) is 0 Å². The summed E-state index contributed by atoms with van der Waals surface area (Å²) in [6.07, 6.45) is 12.8. The maximum atomic E-state index is 2.68. The summed E-state index contributed by atoms with van der Waals surface area (Å²) in [6, 6.07) is 16.3. The lowest BCUT2D eigenvalue weighted by atomic mass is 9.47. The van der Waals surface area contributed by atoms with Crippen LogP contribution in [-0.2, 0) is 6.42 Å². The molecule has 0 spiro atoms. The largest absolute Gasteiger partial charge is 0.0732 e. The maximum Gasteiger partial charge on any atom is 0.000436 e. The average molecular weight is 393 g/mol. The molecule has 1 unspecified atom stereocenters. The second-order valence-electron chi connectivity index (χ2n) is 11.3. The summed E-state index contributed by atoms with van der Waals surface area (Å²) in [4.78, 5) is 0. The first-order valence-corrected chi connectivity index (χ1v) is 12.2. The van der Waals surface area contributed by atoms with Crippen LogP contribution >= 0.6 is 0 Å². The van der Waals surface area contributed by atoms with Gasteiger partial charge in [-0.3, -0.25) is 0 Å². The van der Waals surface area contributed by atoms with Crippen LogP contribution in [0.15, 0.2) is 59.7 Å². The molecule has 0 heteroatoms. The van der Waals surface area contributed by atoms with Crippen molar-refractivity contribution in [1.29, 1.82) is 0 Å². The van der Waals surface area contributed by atoms with Crippen molar-refractivity contribution in [1.82, 2.24) is 0 Å². The van der Waals surface area contributed by atoms with E-state index in [0.717, 1.165) is 24.2 Å². The van der Waals surface area contributed by atoms with Gasteiger partial charge in [-0.25, -0.2) is 0 Å². The van der Waals surface area contributed by atoms with E-state index < -0.39 is 0 Å². The lowest BCUT2D eigenvalue weighted by Crippen LogP contribution is -2.47. The van der Waals surface area contributed by atoms with Gasteiger partial charge < -0.3 is 0 Å². The lowest BCUT2D eigenvalue weighted by molar-refractivity contribution is -0.0291. The van der Waals surface area contributed by atoms with Crippen LogP contribution in [0.4, 0.5) is 0 Å². The van der Waals surface area contributed by atoms with Crippen molar-refractivity contribution in [3.63, 3.8) is 0 Å². The van der Waals surface area contributed by atoms with E-state index >= 15 is 0 Å². The first kappa shape index (κ1) is 17.6. The quantitative estimate of drug-likeness (QED) is 0.417. The van der Waals surface area contributed by atoms with Crippen LogP contribution in [0.3, 0.4) is 0 Å². The maximum absolute atomic E-state index is 2.68. The molecule has 1 atom stereocenters. The van der Waals surface area contributed by atoms with Gasteiger partial charge in [0, 0.05) is 5.92 Å². The fraction of sp³-hybridized carbons (Fsp3) is 0.467. The molecule has 0 N–H and O–H groups in total. The third-order valence-electron chi connectivity index (χ3n) is 9.40. The Kier molecular flexibility index (Phi) is 3.51. The average Bonchev–Trinajstić information content (AvgIpc) is 3.24. The normalized spacial score (nSPS) is 35.6. The molecule has 4 fully saturated rings. The summed E-state index contributed by atoms with van der Waals surface area (Å²) in [7, 11) is 0. The molecule has 0 heterocycles. The molecular weight excluding hydrogens is 360 g/mol. The molecule has 2 aromatic rings. The molecule has 152 valence electrons. The first-order valence-electron chi connectivity index (χ1n) is 12.2. The number of fused-ring (bicyclic) bond motifs is 3. The van der Waals surface area contributed by atoms with Crippen molar-refractivity contribution in [3.05, 3.63) is 76.4 Å². The van der Waals surface area contributed by atoms with E-state index in [1.165, 1.54) is 66.3 Å². The zero-order valence-electron chi connectivity index (χ0n) is 18.4. The third kappa shape index (κ3) is 2.34. The molecule has 0 aromatic heterocycles. The summed E-state index contributed by atoms with van der Waals surface area (Å²) in [5, 5.41) is 0. The predicted molar refractivity (Wildman–Crippen MR) is 125 cm³/mol. The van der Waals surface area contributed by atoms with Crippen molar-refractivity contribution < 1.29 is 0 Å². The highest BCUT2D eigenvalue weighted by Crippen LogP contribution is 2.65. The molecule has 4 saturated carbocycles. The van der Waals surface area contributed by atoms with Crippen molar-refractivity contribution in [2.45, 2.75) is 58.8 Å². The molecular formula is C30H32. The van der Waals surface area contributed by atoms with Gasteiger partial charge in [-0.1, -0.05) is 49.4 Å². The van der Waals surface area contributed by atoms with Crippen molar-refractivity contribution >= 4 is 5.57 Å². The Bertz CT molecular complexity index is 1090. The monoisotopic (exact) mass is 392 g/mol. The van der Waals surface area contributed by atoms with Gasteiger partial charge >= 0.3 is 0 Å². The second-order valence-corrected chi connectivity index (χ2v) is 11.3. The van der Waals surface area contributed by atoms with Crippen LogP contribution in [0.25, 0.3) is 16.7 Å².